The van der Waals surface area contributed by atoms with E-state index in [0.29, 0.717) is 46.3 Å². The zero-order valence-corrected chi connectivity index (χ0v) is 23.8. The molecule has 7 nitrogen and oxygen atoms in total. The Kier molecular flexibility index (Phi) is 5.19. The molecular weight excluding hydrogens is 508 g/mol. The predicted octanol–water partition coefficient (Wildman–Crippen LogP) is 5.38. The van der Waals surface area contributed by atoms with E-state index in [1.807, 2.05) is 0 Å². The van der Waals surface area contributed by atoms with Crippen LogP contribution >= 0.6 is 0 Å². The van der Waals surface area contributed by atoms with Gasteiger partial charge in [0.1, 0.15) is 11.2 Å². The Morgan fingerprint density at radius 1 is 0.775 bits per heavy atom. The van der Waals surface area contributed by atoms with Crippen LogP contribution in [-0.2, 0) is 19.1 Å². The smallest absolute Gasteiger partial charge is 0.344 e. The number of carbonyl (C=O) groups excluding carboxylic acids is 3. The predicted molar refractivity (Wildman–Crippen MR) is 144 cm³/mol. The van der Waals surface area contributed by atoms with Crippen LogP contribution < -0.4 is 9.47 Å². The fraction of sp³-hybridized carbons (Fsp3) is 0.727. The SMILES string of the molecule is CC(=O)c1ccc(OCC(=O)OC2(C)C3CC4CC(C3)C2C4)c(OCC(=O)OC2(C)C3CC4CC5CC2C53C4)c1. The highest BCUT2D eigenvalue weighted by Crippen LogP contribution is 2.84. The summed E-state index contributed by atoms with van der Waals surface area (Å²) in [4.78, 5) is 38.0. The lowest BCUT2D eigenvalue weighted by Crippen LogP contribution is -2.76. The highest BCUT2D eigenvalue weighted by Gasteiger charge is 2.83. The molecule has 1 spiro atoms. The number of ketones is 1. The van der Waals surface area contributed by atoms with E-state index in [1.165, 1.54) is 39.0 Å². The number of carbonyl (C=O) groups is 3. The van der Waals surface area contributed by atoms with Crippen molar-refractivity contribution in [3.05, 3.63) is 23.8 Å². The van der Waals surface area contributed by atoms with Crippen LogP contribution in [0.3, 0.4) is 0 Å². The van der Waals surface area contributed by atoms with E-state index in [4.69, 9.17) is 18.9 Å². The summed E-state index contributed by atoms with van der Waals surface area (Å²) in [5.74, 6) is 4.61. The fourth-order valence-electron chi connectivity index (χ4n) is 11.7. The molecule has 0 amide bonds. The zero-order valence-electron chi connectivity index (χ0n) is 23.8. The van der Waals surface area contributed by atoms with Crippen molar-refractivity contribution in [3.63, 3.8) is 0 Å². The molecule has 11 unspecified atom stereocenters. The van der Waals surface area contributed by atoms with Gasteiger partial charge in [-0.1, -0.05) is 0 Å². The van der Waals surface area contributed by atoms with Crippen LogP contribution in [0.4, 0.5) is 0 Å². The van der Waals surface area contributed by atoms with Crippen LogP contribution in [0, 0.1) is 52.8 Å². The molecule has 11 atom stereocenters. The summed E-state index contributed by atoms with van der Waals surface area (Å²) in [7, 11) is 0. The maximum absolute atomic E-state index is 13.0. The molecule has 0 radical (unpaired) electrons. The standard InChI is InChI=1S/C33H40O7/c1-17(34)20-4-5-25(37-15-29(35)39-31(2)22-7-18-6-21(11-22)24(31)9-18)26(12-20)38-16-30(36)40-32(3)27-10-19-8-23-13-28(32)33(23,27)14-19/h4-5,12,18-19,21-24,27-28H,6-11,13-16H2,1-3H3. The zero-order chi connectivity index (χ0) is 27.6. The number of hydrogen-bond donors (Lipinski definition) is 0. The summed E-state index contributed by atoms with van der Waals surface area (Å²) < 4.78 is 24.0. The molecule has 0 heterocycles. The lowest BCUT2D eigenvalue weighted by molar-refractivity contribution is -0.319. The van der Waals surface area contributed by atoms with E-state index in [0.717, 1.165) is 37.0 Å². The van der Waals surface area contributed by atoms with Gasteiger partial charge in [0, 0.05) is 23.3 Å². The summed E-state index contributed by atoms with van der Waals surface area (Å²) in [5.41, 5.74) is 0.0837. The monoisotopic (exact) mass is 548 g/mol. The van der Waals surface area contributed by atoms with Crippen LogP contribution in [0.25, 0.3) is 0 Å². The molecule has 0 aliphatic heterocycles. The average Bonchev–Trinajstić information content (AvgIpc) is 3.58. The van der Waals surface area contributed by atoms with Crippen molar-refractivity contribution >= 4 is 17.7 Å². The van der Waals surface area contributed by atoms with Gasteiger partial charge in [-0.15, -0.1) is 0 Å². The quantitative estimate of drug-likeness (QED) is 0.302. The van der Waals surface area contributed by atoms with E-state index in [1.54, 1.807) is 18.2 Å². The Morgan fingerprint density at radius 3 is 2.20 bits per heavy atom. The molecule has 0 aromatic heterocycles. The molecule has 1 aromatic carbocycles. The minimum absolute atomic E-state index is 0.124. The summed E-state index contributed by atoms with van der Waals surface area (Å²) in [5, 5.41) is 0. The second-order valence-electron chi connectivity index (χ2n) is 14.7. The minimum Gasteiger partial charge on any atom is -0.478 e. The third-order valence-electron chi connectivity index (χ3n) is 13.0. The first-order valence-corrected chi connectivity index (χ1v) is 15.4. The fourth-order valence-corrected chi connectivity index (χ4v) is 11.7. The van der Waals surface area contributed by atoms with Crippen molar-refractivity contribution in [2.75, 3.05) is 13.2 Å². The number of ether oxygens (including phenoxy) is 4. The first-order chi connectivity index (χ1) is 19.1. The normalized spacial score (nSPS) is 45.9. The van der Waals surface area contributed by atoms with Crippen molar-refractivity contribution < 1.29 is 33.3 Å². The summed E-state index contributed by atoms with van der Waals surface area (Å²) in [6.45, 7) is 5.16. The van der Waals surface area contributed by atoms with Gasteiger partial charge in [0.05, 0.1) is 0 Å². The Morgan fingerprint density at radius 2 is 1.48 bits per heavy atom. The van der Waals surface area contributed by atoms with Gasteiger partial charge in [-0.25, -0.2) is 9.59 Å². The number of fused-ring (bicyclic) bond motifs is 1. The van der Waals surface area contributed by atoms with E-state index in [-0.39, 0.29) is 24.7 Å². The topological polar surface area (TPSA) is 88.1 Å². The van der Waals surface area contributed by atoms with Crippen LogP contribution in [-0.4, -0.2) is 42.1 Å². The highest BCUT2D eigenvalue weighted by molar-refractivity contribution is 5.94. The molecule has 1 aromatic rings. The highest BCUT2D eigenvalue weighted by atomic mass is 16.6. The number of hydrogen-bond acceptors (Lipinski definition) is 7. The van der Waals surface area contributed by atoms with Gasteiger partial charge >= 0.3 is 11.9 Å². The number of esters is 2. The number of rotatable bonds is 9. The molecule has 214 valence electrons. The molecule has 9 rings (SSSR count). The Bertz CT molecular complexity index is 1300. The molecule has 40 heavy (non-hydrogen) atoms. The molecule has 8 fully saturated rings. The summed E-state index contributed by atoms with van der Waals surface area (Å²) >= 11 is 0. The van der Waals surface area contributed by atoms with Crippen LogP contribution in [0.2, 0.25) is 0 Å². The molecule has 0 saturated heterocycles. The van der Waals surface area contributed by atoms with Gasteiger partial charge in [-0.2, -0.15) is 0 Å². The molecule has 6 bridgehead atoms. The second kappa shape index (κ2) is 8.25. The number of benzene rings is 1. The molecule has 0 N–H and O–H groups in total. The van der Waals surface area contributed by atoms with Crippen molar-refractivity contribution in [2.45, 2.75) is 83.3 Å². The van der Waals surface area contributed by atoms with E-state index in [9.17, 15) is 14.4 Å². The van der Waals surface area contributed by atoms with Gasteiger partial charge in [-0.05, 0) is 125 Å². The third-order valence-corrected chi connectivity index (χ3v) is 13.0. The van der Waals surface area contributed by atoms with Gasteiger partial charge < -0.3 is 18.9 Å². The lowest BCUT2D eigenvalue weighted by Gasteiger charge is -2.74. The molecule has 8 aliphatic carbocycles. The third kappa shape index (κ3) is 3.26. The molecular formula is C33H40O7. The van der Waals surface area contributed by atoms with E-state index >= 15 is 0 Å². The van der Waals surface area contributed by atoms with Crippen molar-refractivity contribution in [2.24, 2.45) is 52.8 Å². The van der Waals surface area contributed by atoms with Gasteiger partial charge in [-0.3, -0.25) is 4.79 Å². The second-order valence-corrected chi connectivity index (χ2v) is 14.7. The van der Waals surface area contributed by atoms with Crippen LogP contribution in [0.15, 0.2) is 18.2 Å². The largest absolute Gasteiger partial charge is 0.478 e. The lowest BCUT2D eigenvalue weighted by atomic mass is 9.32. The Balaban J connectivity index is 0.910. The Labute approximate surface area is 235 Å². The summed E-state index contributed by atoms with van der Waals surface area (Å²) in [6, 6.07) is 4.83. The first-order valence-electron chi connectivity index (χ1n) is 15.4. The van der Waals surface area contributed by atoms with E-state index in [2.05, 4.69) is 13.8 Å². The molecule has 8 aliphatic rings. The summed E-state index contributed by atoms with van der Waals surface area (Å²) in [6.07, 6.45) is 9.79. The number of Topliss-reactive ketones (excluding diaryl/α,β-unsaturated/α-hetero) is 1. The minimum atomic E-state index is -0.408. The first kappa shape index (κ1) is 25.2. The maximum atomic E-state index is 13.0. The van der Waals surface area contributed by atoms with Gasteiger partial charge in [0.2, 0.25) is 0 Å². The van der Waals surface area contributed by atoms with Gasteiger partial charge in [0.15, 0.2) is 30.5 Å². The van der Waals surface area contributed by atoms with Crippen molar-refractivity contribution in [3.8, 4) is 11.5 Å². The van der Waals surface area contributed by atoms with Crippen LogP contribution in [0.1, 0.15) is 82.5 Å². The van der Waals surface area contributed by atoms with Gasteiger partial charge in [0.25, 0.3) is 0 Å². The van der Waals surface area contributed by atoms with Crippen LogP contribution in [0.5, 0.6) is 11.5 Å². The van der Waals surface area contributed by atoms with E-state index < -0.39 is 23.1 Å². The Hall–Kier alpha value is -2.57. The van der Waals surface area contributed by atoms with Crippen molar-refractivity contribution in [1.29, 1.82) is 0 Å². The molecule has 7 heteroatoms. The average molecular weight is 549 g/mol. The van der Waals surface area contributed by atoms with Crippen molar-refractivity contribution in [1.82, 2.24) is 0 Å². The maximum Gasteiger partial charge on any atom is 0.344 e. The molecule has 8 saturated carbocycles.